The lowest BCUT2D eigenvalue weighted by Crippen LogP contribution is -2.50. The summed E-state index contributed by atoms with van der Waals surface area (Å²) in [6.07, 6.45) is 0.631. The molecule has 2 aliphatic rings. The number of amides is 1. The number of aliphatic carboxylic acids is 1. The molecule has 4 rings (SSSR count). The molecule has 8 heteroatoms. The first kappa shape index (κ1) is 26.0. The highest BCUT2D eigenvalue weighted by Crippen LogP contribution is 2.32. The minimum Gasteiger partial charge on any atom is -0.494 e. The first-order valence-electron chi connectivity index (χ1n) is 12.7. The topological polar surface area (TPSA) is 82.5 Å². The van der Waals surface area contributed by atoms with Gasteiger partial charge < -0.3 is 19.5 Å². The van der Waals surface area contributed by atoms with E-state index in [0.717, 1.165) is 37.4 Å². The number of rotatable bonds is 8. The van der Waals surface area contributed by atoms with Gasteiger partial charge in [-0.25, -0.2) is 4.79 Å². The normalized spacial score (nSPS) is 17.5. The molecule has 0 aromatic heterocycles. The summed E-state index contributed by atoms with van der Waals surface area (Å²) in [7, 11) is 0. The van der Waals surface area contributed by atoms with Gasteiger partial charge in [0, 0.05) is 45.8 Å². The van der Waals surface area contributed by atoms with E-state index in [1.165, 1.54) is 11.1 Å². The number of benzene rings is 2. The molecule has 8 nitrogen and oxygen atoms in total. The smallest absolute Gasteiger partial charge is 0.410 e. The average molecular weight is 496 g/mol. The molecule has 2 aliphatic heterocycles. The highest BCUT2D eigenvalue weighted by molar-refractivity contribution is 5.75. The van der Waals surface area contributed by atoms with E-state index >= 15 is 0 Å². The Labute approximate surface area is 213 Å². The Hall–Kier alpha value is -3.10. The molecular weight excluding hydrogens is 458 g/mol. The van der Waals surface area contributed by atoms with Crippen LogP contribution in [0.1, 0.15) is 49.9 Å². The van der Waals surface area contributed by atoms with Gasteiger partial charge in [0.05, 0.1) is 6.61 Å². The Kier molecular flexibility index (Phi) is 8.16. The van der Waals surface area contributed by atoms with Crippen molar-refractivity contribution in [3.05, 3.63) is 65.2 Å². The van der Waals surface area contributed by atoms with E-state index in [2.05, 4.69) is 17.0 Å². The summed E-state index contributed by atoms with van der Waals surface area (Å²) in [5.41, 5.74) is 2.66. The van der Waals surface area contributed by atoms with E-state index < -0.39 is 17.6 Å². The fourth-order valence-corrected chi connectivity index (χ4v) is 4.76. The lowest BCUT2D eigenvalue weighted by molar-refractivity contribution is -0.143. The Morgan fingerprint density at radius 1 is 0.944 bits per heavy atom. The van der Waals surface area contributed by atoms with Crippen LogP contribution in [0.3, 0.4) is 0 Å². The fourth-order valence-electron chi connectivity index (χ4n) is 4.76. The third kappa shape index (κ3) is 6.77. The predicted molar refractivity (Wildman–Crippen MR) is 137 cm³/mol. The van der Waals surface area contributed by atoms with Crippen LogP contribution in [-0.2, 0) is 22.6 Å². The van der Waals surface area contributed by atoms with Gasteiger partial charge in [-0.3, -0.25) is 14.6 Å². The molecule has 0 unspecified atom stereocenters. The zero-order chi connectivity index (χ0) is 25.7. The van der Waals surface area contributed by atoms with Crippen molar-refractivity contribution >= 4 is 12.1 Å². The van der Waals surface area contributed by atoms with Crippen LogP contribution in [0.25, 0.3) is 0 Å². The molecule has 194 valence electrons. The van der Waals surface area contributed by atoms with Crippen molar-refractivity contribution < 1.29 is 24.2 Å². The molecule has 0 aliphatic carbocycles. The number of nitrogens with zero attached hydrogens (tertiary/aromatic N) is 3. The summed E-state index contributed by atoms with van der Waals surface area (Å²) in [5, 5.41) is 9.92. The van der Waals surface area contributed by atoms with Crippen molar-refractivity contribution in [2.75, 3.05) is 39.3 Å². The molecule has 2 heterocycles. The standard InChI is InChI=1S/C28H37N3O5/c1-28(2,3)36-27(34)30-16-14-29(15-17-30)13-6-18-35-24-11-9-21(10-12-24)25(26(32)33)31-19-22-7-4-5-8-23(22)20-31/h4-5,7-12,25H,6,13-20H2,1-3H3,(H,32,33)/t25-/m0/s1. The average Bonchev–Trinajstić information content (AvgIpc) is 3.25. The van der Waals surface area contributed by atoms with Crippen molar-refractivity contribution in [1.82, 2.24) is 14.7 Å². The van der Waals surface area contributed by atoms with Gasteiger partial charge in [0.25, 0.3) is 0 Å². The number of hydrogen-bond donors (Lipinski definition) is 1. The molecule has 1 N–H and O–H groups in total. The van der Waals surface area contributed by atoms with Crippen LogP contribution in [0, 0.1) is 0 Å². The van der Waals surface area contributed by atoms with Gasteiger partial charge in [-0.1, -0.05) is 36.4 Å². The third-order valence-electron chi connectivity index (χ3n) is 6.57. The lowest BCUT2D eigenvalue weighted by Gasteiger charge is -2.35. The summed E-state index contributed by atoms with van der Waals surface area (Å²) in [5.74, 6) is -0.106. The minimum absolute atomic E-state index is 0.242. The van der Waals surface area contributed by atoms with Crippen LogP contribution >= 0.6 is 0 Å². The first-order valence-corrected chi connectivity index (χ1v) is 12.7. The molecule has 1 atom stereocenters. The molecule has 1 fully saturated rings. The maximum absolute atomic E-state index is 12.2. The van der Waals surface area contributed by atoms with E-state index in [0.29, 0.717) is 32.8 Å². The fraction of sp³-hybridized carbons (Fsp3) is 0.500. The highest BCUT2D eigenvalue weighted by Gasteiger charge is 2.32. The van der Waals surface area contributed by atoms with Gasteiger partial charge in [-0.05, 0) is 56.0 Å². The maximum Gasteiger partial charge on any atom is 0.410 e. The van der Waals surface area contributed by atoms with Gasteiger partial charge in [0.1, 0.15) is 17.4 Å². The summed E-state index contributed by atoms with van der Waals surface area (Å²) < 4.78 is 11.4. The number of carboxylic acid groups (broad SMARTS) is 1. The zero-order valence-corrected chi connectivity index (χ0v) is 21.5. The third-order valence-corrected chi connectivity index (χ3v) is 6.57. The summed E-state index contributed by atoms with van der Waals surface area (Å²) in [6, 6.07) is 14.8. The second-order valence-corrected chi connectivity index (χ2v) is 10.5. The number of carboxylic acids is 1. The van der Waals surface area contributed by atoms with E-state index in [9.17, 15) is 14.7 Å². The second-order valence-electron chi connectivity index (χ2n) is 10.5. The number of carbonyl (C=O) groups is 2. The van der Waals surface area contributed by atoms with Gasteiger partial charge in [-0.2, -0.15) is 0 Å². The van der Waals surface area contributed by atoms with Gasteiger partial charge in [0.15, 0.2) is 0 Å². The van der Waals surface area contributed by atoms with Crippen molar-refractivity contribution in [3.8, 4) is 5.75 Å². The molecule has 2 aromatic rings. The Morgan fingerprint density at radius 2 is 1.56 bits per heavy atom. The highest BCUT2D eigenvalue weighted by atomic mass is 16.6. The number of carbonyl (C=O) groups excluding carboxylic acids is 1. The van der Waals surface area contributed by atoms with Crippen LogP contribution < -0.4 is 4.74 Å². The molecule has 0 bridgehead atoms. The SMILES string of the molecule is CC(C)(C)OC(=O)N1CCN(CCCOc2ccc([C@@H](C(=O)O)N3Cc4ccccc4C3)cc2)CC1. The molecule has 0 radical (unpaired) electrons. The van der Waals surface area contributed by atoms with Crippen molar-refractivity contribution in [1.29, 1.82) is 0 Å². The van der Waals surface area contributed by atoms with E-state index in [4.69, 9.17) is 9.47 Å². The van der Waals surface area contributed by atoms with E-state index in [1.54, 1.807) is 4.90 Å². The Morgan fingerprint density at radius 3 is 2.11 bits per heavy atom. The van der Waals surface area contributed by atoms with E-state index in [1.807, 2.05) is 62.1 Å². The van der Waals surface area contributed by atoms with Crippen LogP contribution in [0.4, 0.5) is 4.79 Å². The Balaban J connectivity index is 1.20. The molecule has 2 aromatic carbocycles. The van der Waals surface area contributed by atoms with Gasteiger partial charge in [-0.15, -0.1) is 0 Å². The van der Waals surface area contributed by atoms with Gasteiger partial charge >= 0.3 is 12.1 Å². The van der Waals surface area contributed by atoms with Crippen LogP contribution in [0.2, 0.25) is 0 Å². The van der Waals surface area contributed by atoms with Crippen LogP contribution in [-0.4, -0.2) is 76.8 Å². The quantitative estimate of drug-likeness (QED) is 0.551. The number of fused-ring (bicyclic) bond motifs is 1. The zero-order valence-electron chi connectivity index (χ0n) is 21.5. The van der Waals surface area contributed by atoms with Crippen LogP contribution in [0.5, 0.6) is 5.75 Å². The molecular formula is C28H37N3O5. The molecule has 36 heavy (non-hydrogen) atoms. The summed E-state index contributed by atoms with van der Waals surface area (Å²) in [6.45, 7) is 11.4. The maximum atomic E-state index is 12.2. The van der Waals surface area contributed by atoms with Crippen molar-refractivity contribution in [3.63, 3.8) is 0 Å². The molecule has 0 saturated carbocycles. The lowest BCUT2D eigenvalue weighted by atomic mass is 10.1. The predicted octanol–water partition coefficient (Wildman–Crippen LogP) is 4.15. The number of hydrogen-bond acceptors (Lipinski definition) is 6. The molecule has 0 spiro atoms. The number of ether oxygens (including phenoxy) is 2. The van der Waals surface area contributed by atoms with Crippen molar-refractivity contribution in [2.24, 2.45) is 0 Å². The largest absolute Gasteiger partial charge is 0.494 e. The van der Waals surface area contributed by atoms with E-state index in [-0.39, 0.29) is 6.09 Å². The Bertz CT molecular complexity index is 1020. The summed E-state index contributed by atoms with van der Waals surface area (Å²) in [4.78, 5) is 30.4. The first-order chi connectivity index (χ1) is 17.2. The molecule has 1 amide bonds. The monoisotopic (exact) mass is 495 g/mol. The minimum atomic E-state index is -0.844. The summed E-state index contributed by atoms with van der Waals surface area (Å²) >= 11 is 0. The molecule has 1 saturated heterocycles. The van der Waals surface area contributed by atoms with Crippen LogP contribution in [0.15, 0.2) is 48.5 Å². The van der Waals surface area contributed by atoms with Crippen molar-refractivity contribution in [2.45, 2.75) is 51.9 Å². The number of piperazine rings is 1. The van der Waals surface area contributed by atoms with Gasteiger partial charge in [0.2, 0.25) is 0 Å². The second kappa shape index (κ2) is 11.3.